The highest BCUT2D eigenvalue weighted by Crippen LogP contribution is 2.27. The first kappa shape index (κ1) is 12.8. The van der Waals surface area contributed by atoms with E-state index in [2.05, 4.69) is 18.3 Å². The van der Waals surface area contributed by atoms with Gasteiger partial charge in [-0.05, 0) is 37.1 Å². The normalized spacial score (nSPS) is 13.1. The SMILES string of the molecule is CCSCC(NC)c1cc2cc(Cl)ccc2o1. The molecule has 2 aromatic rings. The van der Waals surface area contributed by atoms with Crippen LogP contribution in [0.2, 0.25) is 5.02 Å². The molecule has 17 heavy (non-hydrogen) atoms. The summed E-state index contributed by atoms with van der Waals surface area (Å²) < 4.78 is 5.84. The van der Waals surface area contributed by atoms with Crippen molar-refractivity contribution in [2.24, 2.45) is 0 Å². The molecule has 1 unspecified atom stereocenters. The quantitative estimate of drug-likeness (QED) is 0.885. The monoisotopic (exact) mass is 269 g/mol. The van der Waals surface area contributed by atoms with Gasteiger partial charge in [-0.3, -0.25) is 0 Å². The number of furan rings is 1. The molecule has 1 aromatic carbocycles. The van der Waals surface area contributed by atoms with Gasteiger partial charge in [-0.1, -0.05) is 18.5 Å². The largest absolute Gasteiger partial charge is 0.459 e. The second-order valence-corrected chi connectivity index (χ2v) is 5.59. The van der Waals surface area contributed by atoms with Crippen LogP contribution in [-0.4, -0.2) is 18.6 Å². The molecule has 1 atom stereocenters. The van der Waals surface area contributed by atoms with E-state index in [0.29, 0.717) is 0 Å². The third kappa shape index (κ3) is 2.97. The Hall–Kier alpha value is -0.640. The molecule has 0 spiro atoms. The number of rotatable bonds is 5. The maximum absolute atomic E-state index is 5.96. The van der Waals surface area contributed by atoms with Crippen molar-refractivity contribution in [1.82, 2.24) is 5.32 Å². The predicted molar refractivity (Wildman–Crippen MR) is 76.0 cm³/mol. The summed E-state index contributed by atoms with van der Waals surface area (Å²) in [7, 11) is 1.96. The van der Waals surface area contributed by atoms with Gasteiger partial charge in [-0.2, -0.15) is 11.8 Å². The third-order valence-corrected chi connectivity index (χ3v) is 3.89. The molecule has 1 heterocycles. The van der Waals surface area contributed by atoms with Crippen molar-refractivity contribution in [3.05, 3.63) is 35.0 Å². The lowest BCUT2D eigenvalue weighted by molar-refractivity contribution is 0.479. The minimum atomic E-state index is 0.256. The van der Waals surface area contributed by atoms with Gasteiger partial charge in [0.25, 0.3) is 0 Å². The zero-order valence-electron chi connectivity index (χ0n) is 10.00. The summed E-state index contributed by atoms with van der Waals surface area (Å²) >= 11 is 7.86. The molecule has 1 aromatic heterocycles. The van der Waals surface area contributed by atoms with Crippen LogP contribution in [0.1, 0.15) is 18.7 Å². The molecule has 2 nitrogen and oxygen atoms in total. The fourth-order valence-electron chi connectivity index (χ4n) is 1.75. The van der Waals surface area contributed by atoms with Crippen LogP contribution in [-0.2, 0) is 0 Å². The van der Waals surface area contributed by atoms with E-state index in [1.165, 1.54) is 0 Å². The van der Waals surface area contributed by atoms with E-state index in [0.717, 1.165) is 33.3 Å². The van der Waals surface area contributed by atoms with Crippen LogP contribution in [0.3, 0.4) is 0 Å². The molecule has 0 aliphatic carbocycles. The average Bonchev–Trinajstić information content (AvgIpc) is 2.72. The summed E-state index contributed by atoms with van der Waals surface area (Å²) in [5.41, 5.74) is 0.895. The van der Waals surface area contributed by atoms with Gasteiger partial charge in [0.05, 0.1) is 6.04 Å². The zero-order valence-corrected chi connectivity index (χ0v) is 11.6. The summed E-state index contributed by atoms with van der Waals surface area (Å²) in [6.45, 7) is 2.16. The van der Waals surface area contributed by atoms with Gasteiger partial charge in [-0.25, -0.2) is 0 Å². The Balaban J connectivity index is 2.27. The molecular weight excluding hydrogens is 254 g/mol. The van der Waals surface area contributed by atoms with E-state index in [1.54, 1.807) is 0 Å². The minimum Gasteiger partial charge on any atom is -0.459 e. The van der Waals surface area contributed by atoms with Gasteiger partial charge in [0, 0.05) is 16.2 Å². The van der Waals surface area contributed by atoms with Gasteiger partial charge in [0.15, 0.2) is 0 Å². The molecule has 0 bridgehead atoms. The Morgan fingerprint density at radius 3 is 2.94 bits per heavy atom. The Morgan fingerprint density at radius 1 is 1.41 bits per heavy atom. The maximum Gasteiger partial charge on any atom is 0.134 e. The van der Waals surface area contributed by atoms with Crippen LogP contribution in [0.25, 0.3) is 11.0 Å². The summed E-state index contributed by atoms with van der Waals surface area (Å²) in [4.78, 5) is 0. The van der Waals surface area contributed by atoms with Crippen LogP contribution in [0.4, 0.5) is 0 Å². The van der Waals surface area contributed by atoms with Gasteiger partial charge >= 0.3 is 0 Å². The third-order valence-electron chi connectivity index (χ3n) is 2.68. The van der Waals surface area contributed by atoms with Crippen LogP contribution in [0.15, 0.2) is 28.7 Å². The molecular formula is C13H16ClNOS. The van der Waals surface area contributed by atoms with E-state index in [4.69, 9.17) is 16.0 Å². The fraction of sp³-hybridized carbons (Fsp3) is 0.385. The molecule has 0 radical (unpaired) electrons. The van der Waals surface area contributed by atoms with Gasteiger partial charge < -0.3 is 9.73 Å². The molecule has 0 amide bonds. The van der Waals surface area contributed by atoms with Gasteiger partial charge in [0.1, 0.15) is 11.3 Å². The lowest BCUT2D eigenvalue weighted by Crippen LogP contribution is -2.18. The second kappa shape index (κ2) is 5.80. The van der Waals surface area contributed by atoms with Crippen molar-refractivity contribution in [2.45, 2.75) is 13.0 Å². The first-order valence-electron chi connectivity index (χ1n) is 5.68. The lowest BCUT2D eigenvalue weighted by atomic mass is 10.2. The number of nitrogens with one attached hydrogen (secondary N) is 1. The second-order valence-electron chi connectivity index (χ2n) is 3.83. The van der Waals surface area contributed by atoms with E-state index < -0.39 is 0 Å². The highest BCUT2D eigenvalue weighted by Gasteiger charge is 2.14. The van der Waals surface area contributed by atoms with Gasteiger partial charge in [0.2, 0.25) is 0 Å². The Kier molecular flexibility index (Phi) is 4.37. The van der Waals surface area contributed by atoms with Crippen molar-refractivity contribution < 1.29 is 4.42 Å². The molecule has 0 aliphatic heterocycles. The van der Waals surface area contributed by atoms with Crippen LogP contribution in [0.5, 0.6) is 0 Å². The highest BCUT2D eigenvalue weighted by molar-refractivity contribution is 7.99. The summed E-state index contributed by atoms with van der Waals surface area (Å²) in [5, 5.41) is 5.09. The number of benzene rings is 1. The smallest absolute Gasteiger partial charge is 0.134 e. The molecule has 2 rings (SSSR count). The number of hydrogen-bond donors (Lipinski definition) is 1. The standard InChI is InChI=1S/C13H16ClNOS/c1-3-17-8-11(15-2)13-7-9-6-10(14)4-5-12(9)16-13/h4-7,11,15H,3,8H2,1-2H3. The number of thioether (sulfide) groups is 1. The highest BCUT2D eigenvalue weighted by atomic mass is 35.5. The average molecular weight is 270 g/mol. The lowest BCUT2D eigenvalue weighted by Gasteiger charge is -2.11. The van der Waals surface area contributed by atoms with Crippen molar-refractivity contribution >= 4 is 34.3 Å². The number of halogens is 1. The Labute approximate surface area is 111 Å². The fourth-order valence-corrected chi connectivity index (χ4v) is 2.73. The number of fused-ring (bicyclic) bond motifs is 1. The van der Waals surface area contributed by atoms with E-state index >= 15 is 0 Å². The van der Waals surface area contributed by atoms with E-state index in [9.17, 15) is 0 Å². The predicted octanol–water partition coefficient (Wildman–Crippen LogP) is 4.10. The van der Waals surface area contributed by atoms with E-state index in [-0.39, 0.29) is 6.04 Å². The van der Waals surface area contributed by atoms with Crippen molar-refractivity contribution in [3.63, 3.8) is 0 Å². The summed E-state index contributed by atoms with van der Waals surface area (Å²) in [5.74, 6) is 3.11. The van der Waals surface area contributed by atoms with E-state index in [1.807, 2.05) is 37.0 Å². The molecule has 4 heteroatoms. The molecule has 0 fully saturated rings. The Morgan fingerprint density at radius 2 is 2.24 bits per heavy atom. The first-order valence-corrected chi connectivity index (χ1v) is 7.22. The molecule has 0 aliphatic rings. The van der Waals surface area contributed by atoms with Gasteiger partial charge in [-0.15, -0.1) is 0 Å². The van der Waals surface area contributed by atoms with Crippen LogP contribution >= 0.6 is 23.4 Å². The number of hydrogen-bond acceptors (Lipinski definition) is 3. The summed E-state index contributed by atoms with van der Waals surface area (Å²) in [6.07, 6.45) is 0. The van der Waals surface area contributed by atoms with Crippen LogP contribution in [0, 0.1) is 0 Å². The Bertz CT molecular complexity index is 497. The molecule has 1 N–H and O–H groups in total. The summed E-state index contributed by atoms with van der Waals surface area (Å²) in [6, 6.07) is 8.03. The van der Waals surface area contributed by atoms with Crippen molar-refractivity contribution in [1.29, 1.82) is 0 Å². The topological polar surface area (TPSA) is 25.2 Å². The molecule has 92 valence electrons. The molecule has 0 saturated carbocycles. The van der Waals surface area contributed by atoms with Crippen molar-refractivity contribution in [3.8, 4) is 0 Å². The zero-order chi connectivity index (χ0) is 12.3. The first-order chi connectivity index (χ1) is 8.24. The molecule has 0 saturated heterocycles. The van der Waals surface area contributed by atoms with Crippen LogP contribution < -0.4 is 5.32 Å². The van der Waals surface area contributed by atoms with Crippen molar-refractivity contribution in [2.75, 3.05) is 18.6 Å². The minimum absolute atomic E-state index is 0.256. The maximum atomic E-state index is 5.96.